The topological polar surface area (TPSA) is 33.2 Å². The molecule has 3 heteroatoms. The van der Waals surface area contributed by atoms with Gasteiger partial charge in [-0.05, 0) is 12.1 Å². The van der Waals surface area contributed by atoms with Gasteiger partial charge >= 0.3 is 0 Å². The van der Waals surface area contributed by atoms with Gasteiger partial charge in [-0.2, -0.15) is 0 Å². The Morgan fingerprint density at radius 1 is 0.895 bits per heavy atom. The average Bonchev–Trinajstić information content (AvgIpc) is 2.43. The molecule has 0 radical (unpaired) electrons. The quantitative estimate of drug-likeness (QED) is 0.622. The Morgan fingerprint density at radius 3 is 1.84 bits per heavy atom. The van der Waals surface area contributed by atoms with Crippen molar-refractivity contribution in [3.05, 3.63) is 54.1 Å². The summed E-state index contributed by atoms with van der Waals surface area (Å²) in [7, 11) is 3.54. The van der Waals surface area contributed by atoms with Crippen molar-refractivity contribution in [2.75, 3.05) is 14.1 Å². The fourth-order valence-electron chi connectivity index (χ4n) is 2.29. The van der Waals surface area contributed by atoms with E-state index in [1.165, 1.54) is 0 Å². The number of fused-ring (bicyclic) bond motifs is 2. The zero-order valence-electron chi connectivity index (χ0n) is 10.9. The largest absolute Gasteiger partial charge is 0.345 e. The van der Waals surface area contributed by atoms with E-state index in [0.29, 0.717) is 0 Å². The fourth-order valence-corrected chi connectivity index (χ4v) is 2.29. The molecule has 0 aliphatic heterocycles. The standard InChI is InChI=1S/C16H14N2O/c1-18(2)16(19)15-11-7-3-5-9-13(11)17-14-10-6-4-8-12(14)15/h3-10H,1-2H3. The Hall–Kier alpha value is -2.42. The van der Waals surface area contributed by atoms with E-state index in [0.717, 1.165) is 27.4 Å². The van der Waals surface area contributed by atoms with Gasteiger partial charge in [0.05, 0.1) is 16.6 Å². The van der Waals surface area contributed by atoms with Gasteiger partial charge in [-0.1, -0.05) is 36.4 Å². The fraction of sp³-hybridized carbons (Fsp3) is 0.125. The van der Waals surface area contributed by atoms with Crippen LogP contribution in [0.2, 0.25) is 0 Å². The second-order valence-corrected chi connectivity index (χ2v) is 4.72. The average molecular weight is 250 g/mol. The predicted molar refractivity (Wildman–Crippen MR) is 77.3 cm³/mol. The summed E-state index contributed by atoms with van der Waals surface area (Å²) in [6, 6.07) is 15.5. The summed E-state index contributed by atoms with van der Waals surface area (Å²) >= 11 is 0. The monoisotopic (exact) mass is 250 g/mol. The predicted octanol–water partition coefficient (Wildman–Crippen LogP) is 3.09. The Morgan fingerprint density at radius 2 is 1.37 bits per heavy atom. The van der Waals surface area contributed by atoms with E-state index in [9.17, 15) is 4.79 Å². The highest BCUT2D eigenvalue weighted by atomic mass is 16.2. The molecule has 1 amide bonds. The van der Waals surface area contributed by atoms with Crippen LogP contribution in [0.4, 0.5) is 0 Å². The van der Waals surface area contributed by atoms with Gasteiger partial charge in [-0.15, -0.1) is 0 Å². The van der Waals surface area contributed by atoms with Gasteiger partial charge in [0.25, 0.3) is 5.91 Å². The number of pyridine rings is 1. The zero-order valence-corrected chi connectivity index (χ0v) is 10.9. The number of aromatic nitrogens is 1. The Balaban J connectivity index is 2.50. The number of nitrogens with zero attached hydrogens (tertiary/aromatic N) is 2. The molecule has 0 saturated heterocycles. The summed E-state index contributed by atoms with van der Waals surface area (Å²) in [6.45, 7) is 0. The van der Waals surface area contributed by atoms with Crippen LogP contribution in [0.1, 0.15) is 10.4 Å². The van der Waals surface area contributed by atoms with Crippen LogP contribution in [-0.4, -0.2) is 29.9 Å². The second kappa shape index (κ2) is 4.35. The van der Waals surface area contributed by atoms with Crippen LogP contribution in [0, 0.1) is 0 Å². The van der Waals surface area contributed by atoms with Crippen LogP contribution in [0.3, 0.4) is 0 Å². The highest BCUT2D eigenvalue weighted by molar-refractivity contribution is 6.16. The summed E-state index contributed by atoms with van der Waals surface area (Å²) in [6.07, 6.45) is 0. The van der Waals surface area contributed by atoms with Crippen molar-refractivity contribution in [3.8, 4) is 0 Å². The molecule has 0 bridgehead atoms. The summed E-state index contributed by atoms with van der Waals surface area (Å²) in [5.41, 5.74) is 2.43. The Bertz CT molecular complexity index is 724. The van der Waals surface area contributed by atoms with Crippen LogP contribution >= 0.6 is 0 Å². The molecule has 94 valence electrons. The molecular weight excluding hydrogens is 236 g/mol. The molecule has 0 aliphatic carbocycles. The number of hydrogen-bond acceptors (Lipinski definition) is 2. The molecule has 0 N–H and O–H groups in total. The highest BCUT2D eigenvalue weighted by Crippen LogP contribution is 2.26. The zero-order chi connectivity index (χ0) is 13.4. The smallest absolute Gasteiger partial charge is 0.254 e. The minimum absolute atomic E-state index is 0.00907. The number of rotatable bonds is 1. The minimum atomic E-state index is 0.00907. The lowest BCUT2D eigenvalue weighted by Gasteiger charge is -2.14. The van der Waals surface area contributed by atoms with Gasteiger partial charge in [0, 0.05) is 24.9 Å². The van der Waals surface area contributed by atoms with Crippen LogP contribution in [-0.2, 0) is 0 Å². The van der Waals surface area contributed by atoms with Crippen molar-refractivity contribution in [1.82, 2.24) is 9.88 Å². The van der Waals surface area contributed by atoms with Gasteiger partial charge < -0.3 is 4.90 Å². The first-order valence-electron chi connectivity index (χ1n) is 6.17. The molecule has 0 saturated carbocycles. The first-order chi connectivity index (χ1) is 9.18. The van der Waals surface area contributed by atoms with Crippen LogP contribution in [0.15, 0.2) is 48.5 Å². The van der Waals surface area contributed by atoms with Gasteiger partial charge in [0.2, 0.25) is 0 Å². The molecule has 0 aliphatic rings. The molecule has 1 heterocycles. The summed E-state index contributed by atoms with van der Waals surface area (Å²) in [4.78, 5) is 18.7. The van der Waals surface area contributed by atoms with Crippen LogP contribution < -0.4 is 0 Å². The molecule has 3 nitrogen and oxygen atoms in total. The first-order valence-corrected chi connectivity index (χ1v) is 6.17. The second-order valence-electron chi connectivity index (χ2n) is 4.72. The van der Waals surface area contributed by atoms with Crippen molar-refractivity contribution in [3.63, 3.8) is 0 Å². The number of para-hydroxylation sites is 2. The third-order valence-corrected chi connectivity index (χ3v) is 3.21. The normalized spacial score (nSPS) is 10.8. The van der Waals surface area contributed by atoms with E-state index in [-0.39, 0.29) is 5.91 Å². The third-order valence-electron chi connectivity index (χ3n) is 3.21. The lowest BCUT2D eigenvalue weighted by Crippen LogP contribution is -2.22. The van der Waals surface area contributed by atoms with E-state index >= 15 is 0 Å². The van der Waals surface area contributed by atoms with Crippen LogP contribution in [0.5, 0.6) is 0 Å². The first kappa shape index (κ1) is 11.7. The maximum absolute atomic E-state index is 12.5. The Kier molecular flexibility index (Phi) is 2.67. The number of hydrogen-bond donors (Lipinski definition) is 0. The van der Waals surface area contributed by atoms with Gasteiger partial charge in [0.1, 0.15) is 0 Å². The molecule has 3 rings (SSSR count). The maximum Gasteiger partial charge on any atom is 0.254 e. The molecule has 0 atom stereocenters. The van der Waals surface area contributed by atoms with E-state index in [1.54, 1.807) is 19.0 Å². The van der Waals surface area contributed by atoms with Gasteiger partial charge in [0.15, 0.2) is 0 Å². The van der Waals surface area contributed by atoms with E-state index < -0.39 is 0 Å². The van der Waals surface area contributed by atoms with E-state index in [2.05, 4.69) is 4.98 Å². The van der Waals surface area contributed by atoms with Crippen molar-refractivity contribution in [2.24, 2.45) is 0 Å². The van der Waals surface area contributed by atoms with Crippen molar-refractivity contribution in [1.29, 1.82) is 0 Å². The lowest BCUT2D eigenvalue weighted by molar-refractivity contribution is 0.0831. The molecule has 0 unspecified atom stereocenters. The third kappa shape index (κ3) is 1.83. The molecule has 1 aromatic heterocycles. The number of carbonyl (C=O) groups excluding carboxylic acids is 1. The van der Waals surface area contributed by atoms with Crippen molar-refractivity contribution in [2.45, 2.75) is 0 Å². The molecule has 0 spiro atoms. The highest BCUT2D eigenvalue weighted by Gasteiger charge is 2.16. The SMILES string of the molecule is CN(C)C(=O)c1c2ccccc2nc2ccccc12. The van der Waals surface area contributed by atoms with Crippen LogP contribution in [0.25, 0.3) is 21.8 Å². The minimum Gasteiger partial charge on any atom is -0.345 e. The van der Waals surface area contributed by atoms with E-state index in [1.807, 2.05) is 48.5 Å². The summed E-state index contributed by atoms with van der Waals surface area (Å²) < 4.78 is 0. The summed E-state index contributed by atoms with van der Waals surface area (Å²) in [5, 5.41) is 1.81. The van der Waals surface area contributed by atoms with Crippen molar-refractivity contribution < 1.29 is 4.79 Å². The number of benzene rings is 2. The number of amides is 1. The Labute approximate surface area is 111 Å². The van der Waals surface area contributed by atoms with Crippen molar-refractivity contribution >= 4 is 27.7 Å². The lowest BCUT2D eigenvalue weighted by atomic mass is 10.0. The molecule has 19 heavy (non-hydrogen) atoms. The molecule has 3 aromatic rings. The molecular formula is C16H14N2O. The van der Waals surface area contributed by atoms with E-state index in [4.69, 9.17) is 0 Å². The molecule has 0 fully saturated rings. The molecule has 2 aromatic carbocycles. The number of carbonyl (C=O) groups is 1. The summed E-state index contributed by atoms with van der Waals surface area (Å²) in [5.74, 6) is 0.00907. The van der Waals surface area contributed by atoms with Gasteiger partial charge in [-0.3, -0.25) is 4.79 Å². The van der Waals surface area contributed by atoms with Gasteiger partial charge in [-0.25, -0.2) is 4.98 Å². The maximum atomic E-state index is 12.5.